The van der Waals surface area contributed by atoms with E-state index in [0.717, 1.165) is 30.5 Å². The molecule has 178 valence electrons. The molecule has 1 aliphatic heterocycles. The molecule has 3 N–H and O–H groups in total. The Morgan fingerprint density at radius 2 is 1.83 bits per heavy atom. The summed E-state index contributed by atoms with van der Waals surface area (Å²) in [5, 5.41) is 3.41. The third kappa shape index (κ3) is 5.07. The van der Waals surface area contributed by atoms with Crippen LogP contribution in [0.15, 0.2) is 77.7 Å². The number of hydrogen-bond donors (Lipinski definition) is 2. The Balaban J connectivity index is 1.40. The van der Waals surface area contributed by atoms with Crippen molar-refractivity contribution < 1.29 is 0 Å². The predicted octanol–water partition coefficient (Wildman–Crippen LogP) is 3.74. The third-order valence-corrected chi connectivity index (χ3v) is 6.12. The summed E-state index contributed by atoms with van der Waals surface area (Å²) in [6.45, 7) is 4.00. The van der Waals surface area contributed by atoms with E-state index in [0.29, 0.717) is 36.5 Å². The quantitative estimate of drug-likeness (QED) is 0.427. The first kappa shape index (κ1) is 22.7. The lowest BCUT2D eigenvalue weighted by atomic mass is 10.0. The minimum atomic E-state index is -0.0562. The Kier molecular flexibility index (Phi) is 6.54. The second kappa shape index (κ2) is 10.1. The molecule has 0 saturated carbocycles. The summed E-state index contributed by atoms with van der Waals surface area (Å²) in [6.07, 6.45) is 3.40. The highest BCUT2D eigenvalue weighted by Crippen LogP contribution is 2.27. The molecule has 0 bridgehead atoms. The van der Waals surface area contributed by atoms with Crippen molar-refractivity contribution in [2.45, 2.75) is 38.9 Å². The summed E-state index contributed by atoms with van der Waals surface area (Å²) < 4.78 is 1.72. The Morgan fingerprint density at radius 3 is 2.66 bits per heavy atom. The van der Waals surface area contributed by atoms with E-state index in [1.165, 1.54) is 5.56 Å². The fraction of sp³-hybridized carbons (Fsp3) is 0.259. The third-order valence-electron chi connectivity index (χ3n) is 6.12. The SMILES string of the molecule is C[C@H](Cc1cccc(CN)c1)Nc1nccc(N2CCCn3c2nc(-c2ccccc2)cc3=O)n1. The molecular weight excluding hydrogens is 438 g/mol. The first-order valence-corrected chi connectivity index (χ1v) is 11.9. The summed E-state index contributed by atoms with van der Waals surface area (Å²) >= 11 is 0. The Bertz CT molecular complexity index is 1370. The molecule has 0 aliphatic carbocycles. The van der Waals surface area contributed by atoms with Crippen molar-refractivity contribution in [3.8, 4) is 11.3 Å². The number of aromatic nitrogens is 4. The lowest BCUT2D eigenvalue weighted by Gasteiger charge is -2.30. The van der Waals surface area contributed by atoms with Gasteiger partial charge in [0.25, 0.3) is 5.56 Å². The van der Waals surface area contributed by atoms with Gasteiger partial charge in [-0.15, -0.1) is 0 Å². The molecule has 3 heterocycles. The Morgan fingerprint density at radius 1 is 1.00 bits per heavy atom. The van der Waals surface area contributed by atoms with E-state index in [1.807, 2.05) is 53.4 Å². The summed E-state index contributed by atoms with van der Waals surface area (Å²) in [5.41, 5.74) is 9.63. The van der Waals surface area contributed by atoms with Crippen molar-refractivity contribution in [1.82, 2.24) is 19.5 Å². The van der Waals surface area contributed by atoms with Gasteiger partial charge in [-0.25, -0.2) is 9.97 Å². The van der Waals surface area contributed by atoms with Gasteiger partial charge in [-0.3, -0.25) is 14.3 Å². The molecule has 4 aromatic rings. The normalized spacial score (nSPS) is 13.8. The van der Waals surface area contributed by atoms with E-state index in [1.54, 1.807) is 16.8 Å². The zero-order valence-corrected chi connectivity index (χ0v) is 19.8. The van der Waals surface area contributed by atoms with Crippen molar-refractivity contribution in [2.75, 3.05) is 16.8 Å². The van der Waals surface area contributed by atoms with Gasteiger partial charge in [0.05, 0.1) is 5.69 Å². The Hall–Kier alpha value is -4.04. The van der Waals surface area contributed by atoms with Crippen LogP contribution in [0, 0.1) is 0 Å². The summed E-state index contributed by atoms with van der Waals surface area (Å²) in [4.78, 5) is 29.0. The van der Waals surface area contributed by atoms with Crippen LogP contribution in [-0.2, 0) is 19.5 Å². The molecule has 0 fully saturated rings. The van der Waals surface area contributed by atoms with Crippen LogP contribution in [0.1, 0.15) is 24.5 Å². The van der Waals surface area contributed by atoms with Gasteiger partial charge < -0.3 is 11.1 Å². The number of hydrogen-bond acceptors (Lipinski definition) is 7. The van der Waals surface area contributed by atoms with E-state index in [-0.39, 0.29) is 11.6 Å². The van der Waals surface area contributed by atoms with Crippen LogP contribution < -0.4 is 21.5 Å². The second-order valence-electron chi connectivity index (χ2n) is 8.81. The summed E-state index contributed by atoms with van der Waals surface area (Å²) in [6, 6.07) is 21.7. The molecule has 1 atom stereocenters. The number of anilines is 3. The van der Waals surface area contributed by atoms with Gasteiger partial charge in [-0.2, -0.15) is 4.98 Å². The van der Waals surface area contributed by atoms with Crippen molar-refractivity contribution in [3.63, 3.8) is 0 Å². The van der Waals surface area contributed by atoms with Crippen LogP contribution in [0.5, 0.6) is 0 Å². The second-order valence-corrected chi connectivity index (χ2v) is 8.81. The van der Waals surface area contributed by atoms with Crippen LogP contribution in [0.3, 0.4) is 0 Å². The molecule has 1 aliphatic rings. The molecule has 0 amide bonds. The summed E-state index contributed by atoms with van der Waals surface area (Å²) in [5.74, 6) is 1.87. The smallest absolute Gasteiger partial charge is 0.255 e. The fourth-order valence-corrected chi connectivity index (χ4v) is 4.45. The van der Waals surface area contributed by atoms with Crippen LogP contribution in [0.4, 0.5) is 17.7 Å². The van der Waals surface area contributed by atoms with E-state index in [4.69, 9.17) is 15.7 Å². The molecule has 0 unspecified atom stereocenters. The highest BCUT2D eigenvalue weighted by atomic mass is 16.1. The predicted molar refractivity (Wildman–Crippen MR) is 139 cm³/mol. The maximum absolute atomic E-state index is 12.9. The average Bonchev–Trinajstić information content (AvgIpc) is 2.89. The first-order valence-electron chi connectivity index (χ1n) is 11.9. The van der Waals surface area contributed by atoms with E-state index in [9.17, 15) is 4.79 Å². The lowest BCUT2D eigenvalue weighted by molar-refractivity contribution is 0.561. The van der Waals surface area contributed by atoms with Crippen molar-refractivity contribution in [3.05, 3.63) is 94.4 Å². The van der Waals surface area contributed by atoms with Gasteiger partial charge in [0, 0.05) is 43.5 Å². The molecule has 2 aromatic carbocycles. The molecule has 35 heavy (non-hydrogen) atoms. The molecule has 2 aromatic heterocycles. The van der Waals surface area contributed by atoms with Crippen LogP contribution in [-0.4, -0.2) is 32.1 Å². The zero-order chi connectivity index (χ0) is 24.2. The topological polar surface area (TPSA) is 102 Å². The number of nitrogens with zero attached hydrogens (tertiary/aromatic N) is 5. The van der Waals surface area contributed by atoms with E-state index in [2.05, 4.69) is 29.4 Å². The van der Waals surface area contributed by atoms with Gasteiger partial charge in [0.2, 0.25) is 11.9 Å². The van der Waals surface area contributed by atoms with Crippen LogP contribution >= 0.6 is 0 Å². The van der Waals surface area contributed by atoms with Gasteiger partial charge >= 0.3 is 0 Å². The van der Waals surface area contributed by atoms with E-state index < -0.39 is 0 Å². The summed E-state index contributed by atoms with van der Waals surface area (Å²) in [7, 11) is 0. The first-order chi connectivity index (χ1) is 17.1. The number of benzene rings is 2. The number of nitrogens with two attached hydrogens (primary N) is 1. The largest absolute Gasteiger partial charge is 0.351 e. The molecule has 8 heteroatoms. The van der Waals surface area contributed by atoms with Crippen LogP contribution in [0.2, 0.25) is 0 Å². The zero-order valence-electron chi connectivity index (χ0n) is 19.8. The number of rotatable bonds is 7. The standard InChI is InChI=1S/C27H29N7O/c1-19(15-20-7-5-8-21(16-20)18-28)30-26-29-12-11-24(32-26)33-13-6-14-34-25(35)17-23(31-27(33)34)22-9-3-2-4-10-22/h2-5,7-12,16-17,19H,6,13-15,18,28H2,1H3,(H,29,30,32)/t19-/m1/s1. The van der Waals surface area contributed by atoms with Gasteiger partial charge in [0.1, 0.15) is 5.82 Å². The minimum Gasteiger partial charge on any atom is -0.351 e. The average molecular weight is 468 g/mol. The number of fused-ring (bicyclic) bond motifs is 1. The molecule has 0 saturated heterocycles. The number of nitrogens with one attached hydrogen (secondary N) is 1. The van der Waals surface area contributed by atoms with Crippen molar-refractivity contribution in [2.24, 2.45) is 5.73 Å². The molecular formula is C27H29N7O. The minimum absolute atomic E-state index is 0.0562. The molecule has 8 nitrogen and oxygen atoms in total. The maximum atomic E-state index is 12.9. The van der Waals surface area contributed by atoms with Gasteiger partial charge in [-0.05, 0) is 37.0 Å². The monoisotopic (exact) mass is 467 g/mol. The Labute approximate surface area is 204 Å². The highest BCUT2D eigenvalue weighted by Gasteiger charge is 2.23. The van der Waals surface area contributed by atoms with Crippen molar-refractivity contribution in [1.29, 1.82) is 0 Å². The van der Waals surface area contributed by atoms with Crippen LogP contribution in [0.25, 0.3) is 11.3 Å². The highest BCUT2D eigenvalue weighted by molar-refractivity contribution is 5.63. The van der Waals surface area contributed by atoms with E-state index >= 15 is 0 Å². The molecule has 5 rings (SSSR count). The van der Waals surface area contributed by atoms with Gasteiger partial charge in [-0.1, -0.05) is 54.6 Å². The lowest BCUT2D eigenvalue weighted by Crippen LogP contribution is -2.36. The molecule has 0 spiro atoms. The van der Waals surface area contributed by atoms with Crippen molar-refractivity contribution >= 4 is 17.7 Å². The maximum Gasteiger partial charge on any atom is 0.255 e. The molecule has 0 radical (unpaired) electrons. The van der Waals surface area contributed by atoms with Gasteiger partial charge in [0.15, 0.2) is 0 Å². The fourth-order valence-electron chi connectivity index (χ4n) is 4.45.